The highest BCUT2D eigenvalue weighted by atomic mass is 32.2. The summed E-state index contributed by atoms with van der Waals surface area (Å²) in [6.45, 7) is 2.08. The standard InChI is InChI=1S/C9H18O3S2/c1-2-13-5-3-9(10)8-4-6-14(11,12)7-8/h8-10H,2-7H2,1H3. The molecule has 3 nitrogen and oxygen atoms in total. The molecule has 84 valence electrons. The van der Waals surface area contributed by atoms with Crippen LogP contribution in [0, 0.1) is 5.92 Å². The Morgan fingerprint density at radius 2 is 2.29 bits per heavy atom. The molecule has 1 aliphatic rings. The van der Waals surface area contributed by atoms with Crippen molar-refractivity contribution in [2.45, 2.75) is 25.9 Å². The molecule has 0 spiro atoms. The van der Waals surface area contributed by atoms with Crippen LogP contribution in [0.3, 0.4) is 0 Å². The average molecular weight is 238 g/mol. The molecule has 0 aromatic carbocycles. The molecule has 1 fully saturated rings. The first-order chi connectivity index (χ1) is 6.55. The Morgan fingerprint density at radius 3 is 2.79 bits per heavy atom. The molecule has 0 bridgehead atoms. The largest absolute Gasteiger partial charge is 0.393 e. The molecular formula is C9H18O3S2. The van der Waals surface area contributed by atoms with E-state index in [-0.39, 0.29) is 17.4 Å². The van der Waals surface area contributed by atoms with Gasteiger partial charge >= 0.3 is 0 Å². The van der Waals surface area contributed by atoms with Gasteiger partial charge in [0.2, 0.25) is 0 Å². The highest BCUT2D eigenvalue weighted by Gasteiger charge is 2.32. The summed E-state index contributed by atoms with van der Waals surface area (Å²) in [6, 6.07) is 0. The van der Waals surface area contributed by atoms with E-state index < -0.39 is 15.9 Å². The number of sulfone groups is 1. The molecule has 0 amide bonds. The number of rotatable bonds is 5. The van der Waals surface area contributed by atoms with Crippen LogP contribution in [0.4, 0.5) is 0 Å². The Bertz CT molecular complexity index is 261. The summed E-state index contributed by atoms with van der Waals surface area (Å²) in [4.78, 5) is 0. The zero-order valence-corrected chi connectivity index (χ0v) is 10.1. The monoisotopic (exact) mass is 238 g/mol. The molecule has 5 heteroatoms. The first-order valence-corrected chi connectivity index (χ1v) is 7.99. The van der Waals surface area contributed by atoms with Gasteiger partial charge in [-0.1, -0.05) is 6.92 Å². The van der Waals surface area contributed by atoms with Crippen LogP contribution in [0.15, 0.2) is 0 Å². The zero-order chi connectivity index (χ0) is 10.6. The van der Waals surface area contributed by atoms with Crippen molar-refractivity contribution in [2.24, 2.45) is 5.92 Å². The smallest absolute Gasteiger partial charge is 0.150 e. The third-order valence-electron chi connectivity index (χ3n) is 2.57. The first kappa shape index (κ1) is 12.3. The minimum absolute atomic E-state index is 0.0162. The van der Waals surface area contributed by atoms with Gasteiger partial charge in [-0.25, -0.2) is 8.42 Å². The first-order valence-electron chi connectivity index (χ1n) is 5.01. The van der Waals surface area contributed by atoms with E-state index in [9.17, 15) is 13.5 Å². The number of hydrogen-bond donors (Lipinski definition) is 1. The van der Waals surface area contributed by atoms with Crippen molar-refractivity contribution in [3.63, 3.8) is 0 Å². The van der Waals surface area contributed by atoms with Crippen LogP contribution in [0.1, 0.15) is 19.8 Å². The normalized spacial score (nSPS) is 27.7. The van der Waals surface area contributed by atoms with Crippen molar-refractivity contribution in [2.75, 3.05) is 23.0 Å². The van der Waals surface area contributed by atoms with E-state index >= 15 is 0 Å². The summed E-state index contributed by atoms with van der Waals surface area (Å²) in [5.74, 6) is 2.40. The third-order valence-corrected chi connectivity index (χ3v) is 5.30. The van der Waals surface area contributed by atoms with Crippen LogP contribution in [-0.2, 0) is 9.84 Å². The van der Waals surface area contributed by atoms with Gasteiger partial charge in [0.15, 0.2) is 9.84 Å². The summed E-state index contributed by atoms with van der Waals surface area (Å²) >= 11 is 1.79. The quantitative estimate of drug-likeness (QED) is 0.724. The van der Waals surface area contributed by atoms with Gasteiger partial charge in [0.25, 0.3) is 0 Å². The van der Waals surface area contributed by atoms with E-state index in [2.05, 4.69) is 6.92 Å². The molecule has 1 N–H and O–H groups in total. The zero-order valence-electron chi connectivity index (χ0n) is 8.48. The molecular weight excluding hydrogens is 220 g/mol. The van der Waals surface area contributed by atoms with Crippen molar-refractivity contribution in [1.29, 1.82) is 0 Å². The molecule has 0 aromatic rings. The Balaban J connectivity index is 2.29. The maximum absolute atomic E-state index is 11.2. The fraction of sp³-hybridized carbons (Fsp3) is 1.00. The summed E-state index contributed by atoms with van der Waals surface area (Å²) in [5.41, 5.74) is 0. The van der Waals surface area contributed by atoms with Crippen LogP contribution in [0.5, 0.6) is 0 Å². The fourth-order valence-corrected chi connectivity index (χ4v) is 4.28. The lowest BCUT2D eigenvalue weighted by Gasteiger charge is -2.15. The molecule has 0 radical (unpaired) electrons. The molecule has 2 unspecified atom stereocenters. The Hall–Kier alpha value is 0.260. The second kappa shape index (κ2) is 5.37. The summed E-state index contributed by atoms with van der Waals surface area (Å²) in [5, 5.41) is 9.73. The lowest BCUT2D eigenvalue weighted by molar-refractivity contribution is 0.117. The molecule has 14 heavy (non-hydrogen) atoms. The second-order valence-electron chi connectivity index (χ2n) is 3.72. The fourth-order valence-electron chi connectivity index (χ4n) is 1.71. The van der Waals surface area contributed by atoms with Crippen LogP contribution >= 0.6 is 11.8 Å². The van der Waals surface area contributed by atoms with Gasteiger partial charge in [0.1, 0.15) is 0 Å². The van der Waals surface area contributed by atoms with Crippen molar-refractivity contribution in [1.82, 2.24) is 0 Å². The van der Waals surface area contributed by atoms with Crippen molar-refractivity contribution >= 4 is 21.6 Å². The molecule has 2 atom stereocenters. The van der Waals surface area contributed by atoms with Crippen LogP contribution in [0.2, 0.25) is 0 Å². The lowest BCUT2D eigenvalue weighted by atomic mass is 10.0. The number of aliphatic hydroxyl groups is 1. The predicted octanol–water partition coefficient (Wildman–Crippen LogP) is 0.925. The summed E-state index contributed by atoms with van der Waals surface area (Å²) < 4.78 is 22.3. The Morgan fingerprint density at radius 1 is 1.57 bits per heavy atom. The van der Waals surface area contributed by atoms with Crippen LogP contribution < -0.4 is 0 Å². The van der Waals surface area contributed by atoms with E-state index in [1.807, 2.05) is 0 Å². The number of aliphatic hydroxyl groups excluding tert-OH is 1. The van der Waals surface area contributed by atoms with E-state index in [4.69, 9.17) is 0 Å². The minimum atomic E-state index is -2.84. The minimum Gasteiger partial charge on any atom is -0.393 e. The predicted molar refractivity (Wildman–Crippen MR) is 60.4 cm³/mol. The molecule has 1 heterocycles. The van der Waals surface area contributed by atoms with E-state index in [1.165, 1.54) is 0 Å². The van der Waals surface area contributed by atoms with E-state index in [0.717, 1.165) is 17.9 Å². The van der Waals surface area contributed by atoms with Gasteiger partial charge in [-0.05, 0) is 30.3 Å². The van der Waals surface area contributed by atoms with Gasteiger partial charge < -0.3 is 5.11 Å². The highest BCUT2D eigenvalue weighted by molar-refractivity contribution is 7.99. The van der Waals surface area contributed by atoms with Gasteiger partial charge in [-0.2, -0.15) is 11.8 Å². The van der Waals surface area contributed by atoms with Gasteiger partial charge in [0, 0.05) is 0 Å². The van der Waals surface area contributed by atoms with Gasteiger partial charge in [-0.15, -0.1) is 0 Å². The topological polar surface area (TPSA) is 54.4 Å². The Kier molecular flexibility index (Phi) is 4.73. The second-order valence-corrected chi connectivity index (χ2v) is 7.34. The average Bonchev–Trinajstić information content (AvgIpc) is 2.46. The summed E-state index contributed by atoms with van der Waals surface area (Å²) in [6.07, 6.45) is 0.935. The maximum atomic E-state index is 11.2. The Labute approximate surface area is 90.2 Å². The maximum Gasteiger partial charge on any atom is 0.150 e. The van der Waals surface area contributed by atoms with Crippen LogP contribution in [-0.4, -0.2) is 42.6 Å². The molecule has 1 rings (SSSR count). The number of hydrogen-bond acceptors (Lipinski definition) is 4. The molecule has 0 saturated carbocycles. The van der Waals surface area contributed by atoms with E-state index in [0.29, 0.717) is 6.42 Å². The molecule has 1 aliphatic heterocycles. The van der Waals surface area contributed by atoms with Crippen molar-refractivity contribution < 1.29 is 13.5 Å². The summed E-state index contributed by atoms with van der Waals surface area (Å²) in [7, 11) is -2.84. The third kappa shape index (κ3) is 3.79. The van der Waals surface area contributed by atoms with Crippen molar-refractivity contribution in [3.05, 3.63) is 0 Å². The van der Waals surface area contributed by atoms with Gasteiger partial charge in [-0.3, -0.25) is 0 Å². The SMILES string of the molecule is CCSCCC(O)C1CCS(=O)(=O)C1. The number of thioether (sulfide) groups is 1. The van der Waals surface area contributed by atoms with Gasteiger partial charge in [0.05, 0.1) is 17.6 Å². The van der Waals surface area contributed by atoms with E-state index in [1.54, 1.807) is 11.8 Å². The lowest BCUT2D eigenvalue weighted by Crippen LogP contribution is -2.22. The molecule has 1 saturated heterocycles. The highest BCUT2D eigenvalue weighted by Crippen LogP contribution is 2.24. The molecule has 0 aromatic heterocycles. The van der Waals surface area contributed by atoms with Crippen molar-refractivity contribution in [3.8, 4) is 0 Å². The molecule has 0 aliphatic carbocycles. The van der Waals surface area contributed by atoms with Crippen LogP contribution in [0.25, 0.3) is 0 Å².